The fourth-order valence-corrected chi connectivity index (χ4v) is 6.73. The monoisotopic (exact) mass is 402 g/mol. The van der Waals surface area contributed by atoms with Gasteiger partial charge in [0, 0.05) is 24.4 Å². The summed E-state index contributed by atoms with van der Waals surface area (Å²) in [7, 11) is 0. The number of fused-ring (bicyclic) bond motifs is 7. The van der Waals surface area contributed by atoms with Crippen LogP contribution in [0.25, 0.3) is 0 Å². The average Bonchev–Trinajstić information content (AvgIpc) is 3.55. The van der Waals surface area contributed by atoms with E-state index >= 15 is 0 Å². The molecule has 2 aliphatic carbocycles. The van der Waals surface area contributed by atoms with E-state index in [1.807, 2.05) is 6.07 Å². The van der Waals surface area contributed by atoms with Gasteiger partial charge in [0.05, 0.1) is 12.1 Å². The van der Waals surface area contributed by atoms with Gasteiger partial charge in [0.25, 0.3) is 5.91 Å². The van der Waals surface area contributed by atoms with Gasteiger partial charge in [-0.2, -0.15) is 0 Å². The Kier molecular flexibility index (Phi) is 4.56. The van der Waals surface area contributed by atoms with E-state index < -0.39 is 0 Å². The molecular formula is C26H30N2O2. The Balaban J connectivity index is 1.29. The molecule has 0 radical (unpaired) electrons. The molecule has 1 saturated heterocycles. The summed E-state index contributed by atoms with van der Waals surface area (Å²) in [4.78, 5) is 12.8. The van der Waals surface area contributed by atoms with Crippen molar-refractivity contribution in [3.8, 4) is 0 Å². The molecule has 0 spiro atoms. The van der Waals surface area contributed by atoms with Gasteiger partial charge in [-0.15, -0.1) is 0 Å². The zero-order chi connectivity index (χ0) is 20.1. The topological polar surface area (TPSA) is 50.4 Å². The first-order valence-electron chi connectivity index (χ1n) is 11.6. The second kappa shape index (κ2) is 7.42. The van der Waals surface area contributed by atoms with Crippen LogP contribution in [0.5, 0.6) is 0 Å². The molecule has 4 nitrogen and oxygen atoms in total. The van der Waals surface area contributed by atoms with Crippen LogP contribution in [0.1, 0.15) is 65.5 Å². The summed E-state index contributed by atoms with van der Waals surface area (Å²) < 4.78 is 5.65. The van der Waals surface area contributed by atoms with Crippen molar-refractivity contribution >= 4 is 11.6 Å². The van der Waals surface area contributed by atoms with Crippen LogP contribution in [0.3, 0.4) is 0 Å². The highest BCUT2D eigenvalue weighted by atomic mass is 16.5. The van der Waals surface area contributed by atoms with Crippen molar-refractivity contribution in [2.24, 2.45) is 17.8 Å². The van der Waals surface area contributed by atoms with Crippen LogP contribution in [-0.4, -0.2) is 25.2 Å². The highest BCUT2D eigenvalue weighted by Gasteiger charge is 2.53. The number of anilines is 1. The third kappa shape index (κ3) is 3.04. The predicted octanol–water partition coefficient (Wildman–Crippen LogP) is 4.89. The minimum Gasteiger partial charge on any atom is -0.378 e. The quantitative estimate of drug-likeness (QED) is 0.765. The summed E-state index contributed by atoms with van der Waals surface area (Å²) in [5.41, 5.74) is 4.76. The molecule has 0 aromatic heterocycles. The molecule has 4 aliphatic rings. The van der Waals surface area contributed by atoms with Crippen molar-refractivity contribution in [3.63, 3.8) is 0 Å². The van der Waals surface area contributed by atoms with Crippen molar-refractivity contribution in [3.05, 3.63) is 65.2 Å². The van der Waals surface area contributed by atoms with Gasteiger partial charge in [-0.25, -0.2) is 0 Å². The van der Waals surface area contributed by atoms with Gasteiger partial charge < -0.3 is 15.4 Å². The second-order valence-corrected chi connectivity index (χ2v) is 9.62. The van der Waals surface area contributed by atoms with Gasteiger partial charge >= 0.3 is 0 Å². The number of nitrogens with one attached hydrogen (secondary N) is 2. The van der Waals surface area contributed by atoms with Gasteiger partial charge in [0.1, 0.15) is 0 Å². The molecule has 3 fully saturated rings. The van der Waals surface area contributed by atoms with Crippen LogP contribution in [0.2, 0.25) is 0 Å². The van der Waals surface area contributed by atoms with Crippen molar-refractivity contribution < 1.29 is 9.53 Å². The molecule has 2 aromatic carbocycles. The second-order valence-electron chi connectivity index (χ2n) is 9.62. The number of hydrogen-bond donors (Lipinski definition) is 2. The number of ether oxygens (including phenoxy) is 1. The summed E-state index contributed by atoms with van der Waals surface area (Å²) in [6.07, 6.45) is 6.35. The maximum atomic E-state index is 12.8. The molecule has 1 amide bonds. The fraction of sp³-hybridized carbons (Fsp3) is 0.500. The number of benzene rings is 2. The SMILES string of the molecule is O=C(NC[C@H]1CCCO1)c1ccc2c(c1)[C@@H]1[C@H]3CC[C@@H](C3)[C@@H]1[C@@H](c1ccccc1)N2. The Labute approximate surface area is 178 Å². The lowest BCUT2D eigenvalue weighted by molar-refractivity contribution is 0.0857. The lowest BCUT2D eigenvalue weighted by atomic mass is 9.68. The Morgan fingerprint density at radius 1 is 1.07 bits per heavy atom. The van der Waals surface area contributed by atoms with Crippen LogP contribution in [0.15, 0.2) is 48.5 Å². The highest BCUT2D eigenvalue weighted by molar-refractivity contribution is 5.95. The van der Waals surface area contributed by atoms with Crippen LogP contribution in [0, 0.1) is 17.8 Å². The van der Waals surface area contributed by atoms with Crippen molar-refractivity contribution in [1.29, 1.82) is 0 Å². The smallest absolute Gasteiger partial charge is 0.251 e. The number of carbonyl (C=O) groups excluding carboxylic acids is 1. The van der Waals surface area contributed by atoms with Gasteiger partial charge in [0.15, 0.2) is 0 Å². The minimum atomic E-state index is 0.0261. The van der Waals surface area contributed by atoms with Crippen LogP contribution >= 0.6 is 0 Å². The van der Waals surface area contributed by atoms with E-state index in [1.165, 1.54) is 36.1 Å². The third-order valence-corrected chi connectivity index (χ3v) is 8.02. The Morgan fingerprint density at radius 3 is 2.77 bits per heavy atom. The van der Waals surface area contributed by atoms with E-state index in [1.54, 1.807) is 0 Å². The minimum absolute atomic E-state index is 0.0261. The molecule has 4 heteroatoms. The summed E-state index contributed by atoms with van der Waals surface area (Å²) in [6, 6.07) is 17.6. The van der Waals surface area contributed by atoms with E-state index in [0.717, 1.165) is 36.8 Å². The molecule has 156 valence electrons. The predicted molar refractivity (Wildman–Crippen MR) is 118 cm³/mol. The maximum Gasteiger partial charge on any atom is 0.251 e. The van der Waals surface area contributed by atoms with Gasteiger partial charge in [-0.3, -0.25) is 4.79 Å². The van der Waals surface area contributed by atoms with E-state index in [9.17, 15) is 4.79 Å². The van der Waals surface area contributed by atoms with Gasteiger partial charge in [-0.1, -0.05) is 30.3 Å². The molecule has 2 heterocycles. The molecule has 6 rings (SSSR count). The van der Waals surface area contributed by atoms with Crippen molar-refractivity contribution in [2.45, 2.75) is 50.2 Å². The van der Waals surface area contributed by atoms with E-state index in [2.05, 4.69) is 53.1 Å². The van der Waals surface area contributed by atoms with Crippen LogP contribution in [-0.2, 0) is 4.74 Å². The first-order valence-corrected chi connectivity index (χ1v) is 11.6. The number of rotatable bonds is 4. The molecule has 2 aliphatic heterocycles. The number of carbonyl (C=O) groups is 1. The Bertz CT molecular complexity index is 937. The largest absolute Gasteiger partial charge is 0.378 e. The zero-order valence-electron chi connectivity index (χ0n) is 17.3. The lowest BCUT2D eigenvalue weighted by Crippen LogP contribution is -2.36. The third-order valence-electron chi connectivity index (χ3n) is 8.02. The van der Waals surface area contributed by atoms with E-state index in [4.69, 9.17) is 4.74 Å². The molecule has 2 saturated carbocycles. The molecule has 30 heavy (non-hydrogen) atoms. The van der Waals surface area contributed by atoms with Crippen LogP contribution < -0.4 is 10.6 Å². The highest BCUT2D eigenvalue weighted by Crippen LogP contribution is 2.63. The Morgan fingerprint density at radius 2 is 1.93 bits per heavy atom. The fourth-order valence-electron chi connectivity index (χ4n) is 6.73. The summed E-state index contributed by atoms with van der Waals surface area (Å²) in [5, 5.41) is 6.95. The molecule has 6 atom stereocenters. The van der Waals surface area contributed by atoms with E-state index in [0.29, 0.717) is 24.4 Å². The summed E-state index contributed by atoms with van der Waals surface area (Å²) in [6.45, 7) is 1.43. The first kappa shape index (κ1) is 18.4. The zero-order valence-corrected chi connectivity index (χ0v) is 17.3. The summed E-state index contributed by atoms with van der Waals surface area (Å²) in [5.74, 6) is 2.78. The summed E-state index contributed by atoms with van der Waals surface area (Å²) >= 11 is 0. The van der Waals surface area contributed by atoms with Gasteiger partial charge in [0.2, 0.25) is 0 Å². The molecule has 2 aromatic rings. The lowest BCUT2D eigenvalue weighted by Gasteiger charge is -2.43. The van der Waals surface area contributed by atoms with Gasteiger partial charge in [-0.05, 0) is 85.1 Å². The number of amides is 1. The Hall–Kier alpha value is -2.33. The van der Waals surface area contributed by atoms with Crippen molar-refractivity contribution in [1.82, 2.24) is 5.32 Å². The molecular weight excluding hydrogens is 372 g/mol. The normalized spacial score (nSPS) is 33.6. The standard InChI is InChI=1S/C26H30N2O2/c29-26(27-15-20-7-4-12-30-20)19-10-11-22-21(14-19)23-17-8-9-18(13-17)24(23)25(28-22)16-5-2-1-3-6-16/h1-3,5-6,10-11,14,17-18,20,23-25,28H,4,7-9,12-13,15H2,(H,27,29)/t17-,18-,20+,23-,24-,25+/m0/s1. The van der Waals surface area contributed by atoms with Crippen LogP contribution in [0.4, 0.5) is 5.69 Å². The van der Waals surface area contributed by atoms with E-state index in [-0.39, 0.29) is 12.0 Å². The maximum absolute atomic E-state index is 12.8. The molecule has 2 bridgehead atoms. The van der Waals surface area contributed by atoms with Crippen molar-refractivity contribution in [2.75, 3.05) is 18.5 Å². The molecule has 0 unspecified atom stereocenters. The molecule has 2 N–H and O–H groups in total. The average molecular weight is 403 g/mol. The number of hydrogen-bond acceptors (Lipinski definition) is 3. The first-order chi connectivity index (χ1) is 14.8.